The minimum absolute atomic E-state index is 0.0495. The smallest absolute Gasteiger partial charge is 0.344 e. The fourth-order valence-corrected chi connectivity index (χ4v) is 4.50. The van der Waals surface area contributed by atoms with Crippen molar-refractivity contribution < 1.29 is 23.9 Å². The van der Waals surface area contributed by atoms with Crippen molar-refractivity contribution >= 4 is 41.5 Å². The predicted molar refractivity (Wildman–Crippen MR) is 121 cm³/mol. The number of benzene rings is 3. The number of esters is 1. The number of aldehydes is 1. The second kappa shape index (κ2) is 9.20. The van der Waals surface area contributed by atoms with E-state index in [0.29, 0.717) is 33.7 Å². The van der Waals surface area contributed by atoms with Crippen LogP contribution in [0.5, 0.6) is 5.75 Å². The third-order valence-corrected chi connectivity index (χ3v) is 6.26. The van der Waals surface area contributed by atoms with Gasteiger partial charge < -0.3 is 4.74 Å². The van der Waals surface area contributed by atoms with Crippen LogP contribution in [0.15, 0.2) is 77.7 Å². The van der Waals surface area contributed by atoms with Crippen molar-refractivity contribution in [3.8, 4) is 5.75 Å². The molecular weight excluding hydrogens is 426 g/mol. The number of carbonyl (C=O) groups is 4. The van der Waals surface area contributed by atoms with E-state index in [1.807, 2.05) is 19.1 Å². The van der Waals surface area contributed by atoms with Crippen molar-refractivity contribution in [2.75, 3.05) is 4.90 Å². The Balaban J connectivity index is 1.52. The minimum Gasteiger partial charge on any atom is -0.423 e. The summed E-state index contributed by atoms with van der Waals surface area (Å²) in [5.41, 5.74) is 2.35. The zero-order chi connectivity index (χ0) is 22.7. The zero-order valence-electron chi connectivity index (χ0n) is 17.2. The lowest BCUT2D eigenvalue weighted by Crippen LogP contribution is -2.31. The molecule has 0 spiro atoms. The number of rotatable bonds is 6. The van der Waals surface area contributed by atoms with Gasteiger partial charge in [0.15, 0.2) is 0 Å². The van der Waals surface area contributed by atoms with Crippen LogP contribution >= 0.6 is 11.8 Å². The van der Waals surface area contributed by atoms with Gasteiger partial charge in [-0.15, -0.1) is 11.8 Å². The molecule has 1 unspecified atom stereocenters. The number of nitrogens with zero attached hydrogens (tertiary/aromatic N) is 1. The van der Waals surface area contributed by atoms with Crippen molar-refractivity contribution in [2.45, 2.75) is 23.5 Å². The second-order valence-electron chi connectivity index (χ2n) is 7.29. The average molecular weight is 445 g/mol. The topological polar surface area (TPSA) is 80.8 Å². The van der Waals surface area contributed by atoms with Gasteiger partial charge in [0, 0.05) is 16.9 Å². The van der Waals surface area contributed by atoms with Crippen LogP contribution in [0.3, 0.4) is 0 Å². The van der Waals surface area contributed by atoms with Crippen LogP contribution < -0.4 is 9.64 Å². The summed E-state index contributed by atoms with van der Waals surface area (Å²) in [7, 11) is 0. The van der Waals surface area contributed by atoms with E-state index in [2.05, 4.69) is 0 Å². The molecule has 1 aliphatic heterocycles. The summed E-state index contributed by atoms with van der Waals surface area (Å²) in [6, 6.07) is 20.2. The molecule has 7 heteroatoms. The lowest BCUT2D eigenvalue weighted by Gasteiger charge is -2.16. The first-order valence-electron chi connectivity index (χ1n) is 9.93. The molecule has 1 fully saturated rings. The SMILES string of the molecule is Cc1ccc(N2C(=O)CC(Sc3ccccc3C(=O)Oc3ccc(C=O)cc3)C2=O)cc1. The first-order valence-corrected chi connectivity index (χ1v) is 10.8. The molecule has 1 aliphatic rings. The largest absolute Gasteiger partial charge is 0.423 e. The number of thioether (sulfide) groups is 1. The van der Waals surface area contributed by atoms with Gasteiger partial charge in [-0.05, 0) is 55.5 Å². The van der Waals surface area contributed by atoms with Crippen molar-refractivity contribution in [1.29, 1.82) is 0 Å². The highest BCUT2D eigenvalue weighted by molar-refractivity contribution is 8.00. The molecule has 6 nitrogen and oxygen atoms in total. The first kappa shape index (κ1) is 21.5. The van der Waals surface area contributed by atoms with Crippen LogP contribution in [0.2, 0.25) is 0 Å². The van der Waals surface area contributed by atoms with E-state index in [1.165, 1.54) is 28.8 Å². The molecule has 1 saturated heterocycles. The Morgan fingerprint density at radius 3 is 2.38 bits per heavy atom. The van der Waals surface area contributed by atoms with E-state index in [9.17, 15) is 19.2 Å². The summed E-state index contributed by atoms with van der Waals surface area (Å²) in [5.74, 6) is -0.861. The summed E-state index contributed by atoms with van der Waals surface area (Å²) in [4.78, 5) is 50.8. The number of ether oxygens (including phenoxy) is 1. The van der Waals surface area contributed by atoms with Crippen molar-refractivity contribution in [1.82, 2.24) is 0 Å². The van der Waals surface area contributed by atoms with E-state index in [-0.39, 0.29) is 18.2 Å². The van der Waals surface area contributed by atoms with E-state index >= 15 is 0 Å². The number of carbonyl (C=O) groups excluding carboxylic acids is 4. The van der Waals surface area contributed by atoms with Crippen LogP contribution in [0.25, 0.3) is 0 Å². The molecule has 1 heterocycles. The van der Waals surface area contributed by atoms with Gasteiger partial charge in [-0.3, -0.25) is 14.4 Å². The minimum atomic E-state index is -0.635. The maximum Gasteiger partial charge on any atom is 0.344 e. The quantitative estimate of drug-likeness (QED) is 0.241. The molecule has 0 aromatic heterocycles. The summed E-state index contributed by atoms with van der Waals surface area (Å²) in [5, 5.41) is -0.635. The van der Waals surface area contributed by atoms with Crippen LogP contribution in [0.4, 0.5) is 5.69 Å². The van der Waals surface area contributed by atoms with Gasteiger partial charge in [0.05, 0.1) is 16.5 Å². The number of imide groups is 1. The molecule has 0 N–H and O–H groups in total. The number of hydrogen-bond acceptors (Lipinski definition) is 6. The Hall–Kier alpha value is -3.71. The van der Waals surface area contributed by atoms with Crippen LogP contribution in [0, 0.1) is 6.92 Å². The fourth-order valence-electron chi connectivity index (χ4n) is 3.33. The molecule has 0 saturated carbocycles. The molecular formula is C25H19NO5S. The standard InChI is InChI=1S/C25H19NO5S/c1-16-6-10-18(11-7-16)26-23(28)14-22(24(26)29)32-21-5-3-2-4-20(21)25(30)31-19-12-8-17(15-27)9-13-19/h2-13,15,22H,14H2,1H3. The Morgan fingerprint density at radius 1 is 1.00 bits per heavy atom. The van der Waals surface area contributed by atoms with E-state index in [1.54, 1.807) is 48.5 Å². The Kier molecular flexibility index (Phi) is 6.18. The number of amides is 2. The molecule has 0 bridgehead atoms. The van der Waals surface area contributed by atoms with E-state index < -0.39 is 11.2 Å². The normalized spacial score (nSPS) is 15.7. The Labute approximate surface area is 189 Å². The third-order valence-electron chi connectivity index (χ3n) is 5.00. The number of anilines is 1. The molecule has 0 aliphatic carbocycles. The van der Waals surface area contributed by atoms with Gasteiger partial charge in [0.25, 0.3) is 0 Å². The maximum atomic E-state index is 13.0. The molecule has 3 aromatic rings. The van der Waals surface area contributed by atoms with Gasteiger partial charge in [0.2, 0.25) is 11.8 Å². The van der Waals surface area contributed by atoms with Gasteiger partial charge in [0.1, 0.15) is 12.0 Å². The highest BCUT2D eigenvalue weighted by atomic mass is 32.2. The summed E-state index contributed by atoms with van der Waals surface area (Å²) in [6.07, 6.45) is 0.755. The highest BCUT2D eigenvalue weighted by Gasteiger charge is 2.40. The van der Waals surface area contributed by atoms with Gasteiger partial charge in [-0.2, -0.15) is 0 Å². The molecule has 3 aromatic carbocycles. The zero-order valence-corrected chi connectivity index (χ0v) is 18.0. The second-order valence-corrected chi connectivity index (χ2v) is 8.53. The monoisotopic (exact) mass is 445 g/mol. The number of aryl methyl sites for hydroxylation is 1. The molecule has 32 heavy (non-hydrogen) atoms. The molecule has 1 atom stereocenters. The molecule has 4 rings (SSSR count). The van der Waals surface area contributed by atoms with Crippen molar-refractivity contribution in [3.63, 3.8) is 0 Å². The molecule has 160 valence electrons. The summed E-state index contributed by atoms with van der Waals surface area (Å²) >= 11 is 1.18. The summed E-state index contributed by atoms with van der Waals surface area (Å²) < 4.78 is 5.42. The van der Waals surface area contributed by atoms with Gasteiger partial charge >= 0.3 is 5.97 Å². The Bertz CT molecular complexity index is 1190. The van der Waals surface area contributed by atoms with Crippen molar-refractivity contribution in [3.05, 3.63) is 89.5 Å². The van der Waals surface area contributed by atoms with Crippen LogP contribution in [0.1, 0.15) is 32.7 Å². The predicted octanol–water partition coefficient (Wildman–Crippen LogP) is 4.45. The third kappa shape index (κ3) is 4.48. The van der Waals surface area contributed by atoms with Gasteiger partial charge in [-0.1, -0.05) is 29.8 Å². The lowest BCUT2D eigenvalue weighted by atomic mass is 10.2. The van der Waals surface area contributed by atoms with Crippen LogP contribution in [-0.2, 0) is 9.59 Å². The fraction of sp³-hybridized carbons (Fsp3) is 0.120. The van der Waals surface area contributed by atoms with E-state index in [0.717, 1.165) is 5.56 Å². The first-order chi connectivity index (χ1) is 15.5. The van der Waals surface area contributed by atoms with E-state index in [4.69, 9.17) is 4.74 Å². The van der Waals surface area contributed by atoms with Crippen molar-refractivity contribution in [2.24, 2.45) is 0 Å². The maximum absolute atomic E-state index is 13.0. The molecule has 0 radical (unpaired) electrons. The van der Waals surface area contributed by atoms with Gasteiger partial charge in [-0.25, -0.2) is 9.69 Å². The summed E-state index contributed by atoms with van der Waals surface area (Å²) in [6.45, 7) is 1.93. The molecule has 2 amide bonds. The lowest BCUT2D eigenvalue weighted by molar-refractivity contribution is -0.121. The highest BCUT2D eigenvalue weighted by Crippen LogP contribution is 2.36. The number of hydrogen-bond donors (Lipinski definition) is 0. The Morgan fingerprint density at radius 2 is 1.69 bits per heavy atom. The average Bonchev–Trinajstić information content (AvgIpc) is 3.08. The van der Waals surface area contributed by atoms with Crippen LogP contribution in [-0.4, -0.2) is 29.3 Å².